The van der Waals surface area contributed by atoms with Crippen LogP contribution in [-0.4, -0.2) is 57.1 Å². The molecule has 1 aliphatic carbocycles. The van der Waals surface area contributed by atoms with E-state index in [1.165, 1.54) is 25.3 Å². The number of hydrogen-bond donors (Lipinski definition) is 0. The van der Waals surface area contributed by atoms with E-state index in [0.717, 1.165) is 12.7 Å². The summed E-state index contributed by atoms with van der Waals surface area (Å²) in [6.45, 7) is 5.33. The molecule has 0 amide bonds. The third-order valence-corrected chi connectivity index (χ3v) is 8.35. The third-order valence-electron chi connectivity index (χ3n) is 8.35. The molecule has 1 heterocycles. The van der Waals surface area contributed by atoms with Crippen molar-refractivity contribution >= 4 is 11.3 Å². The van der Waals surface area contributed by atoms with Crippen molar-refractivity contribution in [1.82, 2.24) is 4.90 Å². The number of rotatable bonds is 7. The number of benzene rings is 2. The highest BCUT2D eigenvalue weighted by Gasteiger charge is 2.41. The van der Waals surface area contributed by atoms with Crippen LogP contribution in [0, 0.1) is 5.41 Å². The number of hydrogen-bond acceptors (Lipinski definition) is 6. The average Bonchev–Trinajstić information content (AvgIpc) is 3.14. The zero-order valence-electron chi connectivity index (χ0n) is 26.3. The van der Waals surface area contributed by atoms with Gasteiger partial charge in [0, 0.05) is 23.7 Å². The molecule has 4 rings (SSSR count). The molecule has 0 bridgehead atoms. The summed E-state index contributed by atoms with van der Waals surface area (Å²) in [4.78, 5) is 6.19. The second kappa shape index (κ2) is 13.7. The van der Waals surface area contributed by atoms with Gasteiger partial charge in [0.25, 0.3) is 0 Å². The molecule has 47 heavy (non-hydrogen) atoms. The molecule has 1 aliphatic heterocycles. The van der Waals surface area contributed by atoms with Crippen molar-refractivity contribution in [2.75, 3.05) is 34.3 Å². The molecule has 6 nitrogen and oxygen atoms in total. The smallest absolute Gasteiger partial charge is 0.437 e. The van der Waals surface area contributed by atoms with E-state index >= 15 is 0 Å². The Labute approximate surface area is 266 Å². The number of halogens is 9. The Balaban J connectivity index is 1.80. The molecule has 260 valence electrons. The van der Waals surface area contributed by atoms with Gasteiger partial charge in [0.2, 0.25) is 0 Å². The highest BCUT2D eigenvalue weighted by Crippen LogP contribution is 2.46. The fourth-order valence-corrected chi connectivity index (χ4v) is 6.02. The molecule has 15 heteroatoms. The summed E-state index contributed by atoms with van der Waals surface area (Å²) in [5, 5.41) is 3.20. The van der Waals surface area contributed by atoms with Gasteiger partial charge >= 0.3 is 18.5 Å². The Morgan fingerprint density at radius 3 is 2.15 bits per heavy atom. The van der Waals surface area contributed by atoms with Gasteiger partial charge < -0.3 is 19.0 Å². The molecule has 2 aliphatic rings. The number of allylic oxidation sites excluding steroid dienone is 1. The lowest BCUT2D eigenvalue weighted by Crippen LogP contribution is -2.40. The maximum Gasteiger partial charge on any atom is 0.437 e. The highest BCUT2D eigenvalue weighted by atomic mass is 19.4. The molecule has 1 fully saturated rings. The quantitative estimate of drug-likeness (QED) is 0.166. The molecule has 2 aromatic carbocycles. The van der Waals surface area contributed by atoms with Crippen LogP contribution in [-0.2, 0) is 26.7 Å². The van der Waals surface area contributed by atoms with Gasteiger partial charge in [-0.05, 0) is 79.1 Å². The molecule has 0 N–H and O–H groups in total. The summed E-state index contributed by atoms with van der Waals surface area (Å²) in [6.07, 6.45) is -14.5. The molecular formula is C32H35F9N2O4. The summed E-state index contributed by atoms with van der Waals surface area (Å²) in [6, 6.07) is 4.52. The monoisotopic (exact) mass is 682 g/mol. The standard InChI is InChI=1S/C32H35F9N2O4/c1-18-27(20-10-22(30(33,34)35)13-23(11-20)31(36,37)38)47-17-46-16-43(18)15-21-14-29(2,3)9-8-24(21)25-12-19(6-7-26(25)44-4)28(42-45-5)32(39,40)41/h6-7,10-13,18,27H,8-9,14-17H2,1-5H3. The van der Waals surface area contributed by atoms with Gasteiger partial charge in [-0.25, -0.2) is 0 Å². The van der Waals surface area contributed by atoms with E-state index in [0.29, 0.717) is 48.3 Å². The van der Waals surface area contributed by atoms with Crippen LogP contribution in [0.15, 0.2) is 47.1 Å². The van der Waals surface area contributed by atoms with Crippen LogP contribution in [0.4, 0.5) is 39.5 Å². The minimum absolute atomic E-state index is 0.0589. The van der Waals surface area contributed by atoms with Crippen molar-refractivity contribution < 1.29 is 58.6 Å². The topological polar surface area (TPSA) is 52.5 Å². The van der Waals surface area contributed by atoms with Crippen molar-refractivity contribution in [2.24, 2.45) is 10.6 Å². The lowest BCUT2D eigenvalue weighted by atomic mass is 9.72. The molecule has 0 aromatic heterocycles. The van der Waals surface area contributed by atoms with Gasteiger partial charge in [-0.15, -0.1) is 0 Å². The Hall–Kier alpha value is -3.30. The van der Waals surface area contributed by atoms with Gasteiger partial charge in [0.05, 0.1) is 18.2 Å². The van der Waals surface area contributed by atoms with Crippen LogP contribution < -0.4 is 4.74 Å². The van der Waals surface area contributed by atoms with E-state index in [-0.39, 0.29) is 35.9 Å². The molecule has 0 radical (unpaired) electrons. The normalized spacial score (nSPS) is 21.9. The Kier molecular flexibility index (Phi) is 10.6. The first-order valence-corrected chi connectivity index (χ1v) is 14.6. The number of alkyl halides is 9. The van der Waals surface area contributed by atoms with Crippen molar-refractivity contribution in [2.45, 2.75) is 70.7 Å². The van der Waals surface area contributed by atoms with Crippen molar-refractivity contribution in [1.29, 1.82) is 0 Å². The van der Waals surface area contributed by atoms with E-state index < -0.39 is 54.3 Å². The first-order chi connectivity index (χ1) is 21.7. The zero-order chi connectivity index (χ0) is 34.9. The van der Waals surface area contributed by atoms with Crippen LogP contribution in [0.5, 0.6) is 5.75 Å². The number of methoxy groups -OCH3 is 1. The average molecular weight is 683 g/mol. The fourth-order valence-electron chi connectivity index (χ4n) is 6.02. The number of oxime groups is 1. The van der Waals surface area contributed by atoms with Crippen LogP contribution in [0.25, 0.3) is 5.57 Å². The van der Waals surface area contributed by atoms with Gasteiger partial charge in [-0.3, -0.25) is 4.90 Å². The first kappa shape index (κ1) is 36.5. The van der Waals surface area contributed by atoms with Crippen molar-refractivity contribution in [3.8, 4) is 5.75 Å². The van der Waals surface area contributed by atoms with E-state index in [4.69, 9.17) is 14.2 Å². The van der Waals surface area contributed by atoms with Crippen LogP contribution >= 0.6 is 0 Å². The largest absolute Gasteiger partial charge is 0.496 e. The predicted octanol–water partition coefficient (Wildman–Crippen LogP) is 9.00. The Morgan fingerprint density at radius 1 is 0.957 bits per heavy atom. The number of nitrogens with zero attached hydrogens (tertiary/aromatic N) is 2. The van der Waals surface area contributed by atoms with Gasteiger partial charge in [0.1, 0.15) is 32.5 Å². The number of ether oxygens (including phenoxy) is 3. The Bertz CT molecular complexity index is 1460. The molecule has 2 atom stereocenters. The van der Waals surface area contributed by atoms with E-state index in [2.05, 4.69) is 9.99 Å². The second-order valence-corrected chi connectivity index (χ2v) is 12.3. The van der Waals surface area contributed by atoms with E-state index in [9.17, 15) is 39.5 Å². The lowest BCUT2D eigenvalue weighted by Gasteiger charge is -2.38. The van der Waals surface area contributed by atoms with Crippen LogP contribution in [0.2, 0.25) is 0 Å². The third kappa shape index (κ3) is 8.60. The van der Waals surface area contributed by atoms with Crippen LogP contribution in [0.1, 0.15) is 74.0 Å². The van der Waals surface area contributed by atoms with E-state index in [1.807, 2.05) is 13.8 Å². The summed E-state index contributed by atoms with van der Waals surface area (Å²) < 4.78 is 140. The fraction of sp³-hybridized carbons (Fsp3) is 0.531. The summed E-state index contributed by atoms with van der Waals surface area (Å²) in [5.41, 5.74) is -3.07. The van der Waals surface area contributed by atoms with Crippen molar-refractivity contribution in [3.63, 3.8) is 0 Å². The summed E-state index contributed by atoms with van der Waals surface area (Å²) >= 11 is 0. The molecule has 0 saturated carbocycles. The first-order valence-electron chi connectivity index (χ1n) is 14.6. The zero-order valence-corrected chi connectivity index (χ0v) is 26.3. The molecule has 1 saturated heterocycles. The minimum Gasteiger partial charge on any atom is -0.496 e. The minimum atomic E-state index is -5.04. The van der Waals surface area contributed by atoms with Crippen molar-refractivity contribution in [3.05, 3.63) is 69.8 Å². The maximum absolute atomic E-state index is 13.9. The summed E-state index contributed by atoms with van der Waals surface area (Å²) in [5.74, 6) is 0.310. The van der Waals surface area contributed by atoms with Gasteiger partial charge in [-0.2, -0.15) is 39.5 Å². The van der Waals surface area contributed by atoms with Gasteiger partial charge in [0.15, 0.2) is 5.71 Å². The second-order valence-electron chi connectivity index (χ2n) is 12.3. The Morgan fingerprint density at radius 2 is 1.60 bits per heavy atom. The SMILES string of the molecule is CON=C(c1ccc(OC)c(C2=C(CN3COCOC(c4cc(C(F)(F)F)cc(C(F)(F)F)c4)C3C)CC(C)(C)CC2)c1)C(F)(F)F. The molecular weight excluding hydrogens is 647 g/mol. The molecule has 2 aromatic rings. The molecule has 2 unspecified atom stereocenters. The molecule has 0 spiro atoms. The van der Waals surface area contributed by atoms with E-state index in [1.54, 1.807) is 11.8 Å². The lowest BCUT2D eigenvalue weighted by molar-refractivity contribution is -0.143. The van der Waals surface area contributed by atoms with Crippen LogP contribution in [0.3, 0.4) is 0 Å². The highest BCUT2D eigenvalue weighted by molar-refractivity contribution is 6.05. The maximum atomic E-state index is 13.9. The summed E-state index contributed by atoms with van der Waals surface area (Å²) in [7, 11) is 2.39. The predicted molar refractivity (Wildman–Crippen MR) is 154 cm³/mol. The van der Waals surface area contributed by atoms with Gasteiger partial charge in [-0.1, -0.05) is 24.6 Å².